The number of anilines is 3. The molecule has 0 aromatic carbocycles. The Labute approximate surface area is 157 Å². The molecule has 1 atom stereocenters. The van der Waals surface area contributed by atoms with Crippen molar-refractivity contribution in [3.63, 3.8) is 0 Å². The molecule has 0 radical (unpaired) electrons. The van der Waals surface area contributed by atoms with Crippen molar-refractivity contribution < 1.29 is 0 Å². The molecule has 0 amide bonds. The molecule has 1 fully saturated rings. The van der Waals surface area contributed by atoms with Gasteiger partial charge in [-0.05, 0) is 45.7 Å². The SMILES string of the molecule is C=CCC/C=C/NC1CNc2cnc(NC3CCCC3)nc2N1C(C)C. The maximum Gasteiger partial charge on any atom is 0.224 e. The normalized spacial score (nSPS) is 20.3. The lowest BCUT2D eigenvalue weighted by Gasteiger charge is -2.41. The third kappa shape index (κ3) is 4.48. The summed E-state index contributed by atoms with van der Waals surface area (Å²) in [6.07, 6.45) is 15.3. The largest absolute Gasteiger partial charge is 0.377 e. The fraction of sp³-hybridized carbons (Fsp3) is 0.600. The van der Waals surface area contributed by atoms with Crippen molar-refractivity contribution >= 4 is 17.5 Å². The minimum atomic E-state index is 0.164. The number of fused-ring (bicyclic) bond motifs is 1. The second-order valence-electron chi connectivity index (χ2n) is 7.39. The van der Waals surface area contributed by atoms with Crippen LogP contribution in [0.4, 0.5) is 17.5 Å². The predicted octanol–water partition coefficient (Wildman–Crippen LogP) is 3.87. The third-order valence-electron chi connectivity index (χ3n) is 5.02. The molecule has 3 N–H and O–H groups in total. The summed E-state index contributed by atoms with van der Waals surface area (Å²) >= 11 is 0. The van der Waals surface area contributed by atoms with E-state index in [4.69, 9.17) is 4.98 Å². The molecule has 6 nitrogen and oxygen atoms in total. The molecule has 3 rings (SSSR count). The first-order valence-corrected chi connectivity index (χ1v) is 9.86. The zero-order valence-corrected chi connectivity index (χ0v) is 16.0. The number of hydrogen-bond donors (Lipinski definition) is 3. The van der Waals surface area contributed by atoms with Crippen molar-refractivity contribution in [3.8, 4) is 0 Å². The maximum absolute atomic E-state index is 4.85. The lowest BCUT2D eigenvalue weighted by atomic mass is 10.2. The molecule has 1 unspecified atom stereocenters. The molecule has 1 aromatic rings. The van der Waals surface area contributed by atoms with E-state index in [1.54, 1.807) is 0 Å². The first kappa shape index (κ1) is 18.5. The standard InChI is InChI=1S/C20H32N6/c1-4-5-6-9-12-21-18-14-22-17-13-23-20(24-16-10-7-8-11-16)25-19(17)26(18)15(2)3/h4,9,12-13,15-16,18,21-22H,1,5-8,10-11,14H2,2-3H3,(H,23,24,25)/b12-9+. The van der Waals surface area contributed by atoms with Gasteiger partial charge in [0.25, 0.3) is 0 Å². The van der Waals surface area contributed by atoms with E-state index in [1.807, 2.05) is 12.3 Å². The highest BCUT2D eigenvalue weighted by Gasteiger charge is 2.29. The molecular weight excluding hydrogens is 324 g/mol. The van der Waals surface area contributed by atoms with E-state index in [0.29, 0.717) is 12.1 Å². The number of hydrogen-bond acceptors (Lipinski definition) is 6. The Bertz CT molecular complexity index is 621. The van der Waals surface area contributed by atoms with Crippen LogP contribution in [0.3, 0.4) is 0 Å². The lowest BCUT2D eigenvalue weighted by molar-refractivity contribution is 0.504. The summed E-state index contributed by atoms with van der Waals surface area (Å²) in [5.41, 5.74) is 1.00. The van der Waals surface area contributed by atoms with E-state index in [9.17, 15) is 0 Å². The van der Waals surface area contributed by atoms with Gasteiger partial charge in [0.15, 0.2) is 5.82 Å². The van der Waals surface area contributed by atoms with Gasteiger partial charge in [0.05, 0.1) is 18.4 Å². The number of aromatic nitrogens is 2. The summed E-state index contributed by atoms with van der Waals surface area (Å²) in [4.78, 5) is 11.7. The second kappa shape index (κ2) is 8.92. The van der Waals surface area contributed by atoms with E-state index in [-0.39, 0.29) is 6.17 Å². The summed E-state index contributed by atoms with van der Waals surface area (Å²) < 4.78 is 0. The highest BCUT2D eigenvalue weighted by molar-refractivity contribution is 5.69. The van der Waals surface area contributed by atoms with Gasteiger partial charge >= 0.3 is 0 Å². The van der Waals surface area contributed by atoms with E-state index in [0.717, 1.165) is 36.8 Å². The Morgan fingerprint density at radius 3 is 2.88 bits per heavy atom. The van der Waals surface area contributed by atoms with Crippen molar-refractivity contribution in [2.24, 2.45) is 0 Å². The molecule has 0 saturated heterocycles. The molecule has 1 saturated carbocycles. The van der Waals surface area contributed by atoms with Crippen LogP contribution >= 0.6 is 0 Å². The molecular formula is C20H32N6. The topological polar surface area (TPSA) is 65.1 Å². The van der Waals surface area contributed by atoms with E-state index in [1.165, 1.54) is 25.7 Å². The number of unbranched alkanes of at least 4 members (excludes halogenated alkanes) is 1. The Morgan fingerprint density at radius 2 is 2.15 bits per heavy atom. The molecule has 0 bridgehead atoms. The fourth-order valence-corrected chi connectivity index (χ4v) is 3.69. The van der Waals surface area contributed by atoms with Crippen LogP contribution in [0.15, 0.2) is 31.1 Å². The van der Waals surface area contributed by atoms with E-state index in [2.05, 4.69) is 58.5 Å². The number of rotatable bonds is 8. The van der Waals surface area contributed by atoms with Gasteiger partial charge in [-0.1, -0.05) is 25.0 Å². The van der Waals surface area contributed by atoms with Crippen LogP contribution in [0.2, 0.25) is 0 Å². The van der Waals surface area contributed by atoms with Crippen molar-refractivity contribution in [3.05, 3.63) is 31.1 Å². The quantitative estimate of drug-likeness (QED) is 0.485. The smallest absolute Gasteiger partial charge is 0.224 e. The third-order valence-corrected chi connectivity index (χ3v) is 5.02. The molecule has 2 heterocycles. The van der Waals surface area contributed by atoms with Gasteiger partial charge < -0.3 is 20.9 Å². The highest BCUT2D eigenvalue weighted by Crippen LogP contribution is 2.31. The Morgan fingerprint density at radius 1 is 1.35 bits per heavy atom. The average molecular weight is 357 g/mol. The molecule has 1 aliphatic carbocycles. The number of nitrogens with zero attached hydrogens (tertiary/aromatic N) is 3. The van der Waals surface area contributed by atoms with Crippen LogP contribution in [0.5, 0.6) is 0 Å². The van der Waals surface area contributed by atoms with Gasteiger partial charge in [-0.3, -0.25) is 0 Å². The predicted molar refractivity (Wildman–Crippen MR) is 110 cm³/mol. The van der Waals surface area contributed by atoms with Gasteiger partial charge in [-0.25, -0.2) is 4.98 Å². The molecule has 142 valence electrons. The van der Waals surface area contributed by atoms with Gasteiger partial charge in [0.1, 0.15) is 6.17 Å². The van der Waals surface area contributed by atoms with Crippen LogP contribution in [-0.2, 0) is 0 Å². The summed E-state index contributed by atoms with van der Waals surface area (Å²) in [6.45, 7) is 8.99. The molecule has 26 heavy (non-hydrogen) atoms. The van der Waals surface area contributed by atoms with Gasteiger partial charge in [0, 0.05) is 12.1 Å². The van der Waals surface area contributed by atoms with Crippen LogP contribution in [-0.4, -0.2) is 34.8 Å². The first-order valence-electron chi connectivity index (χ1n) is 9.86. The minimum Gasteiger partial charge on any atom is -0.377 e. The number of allylic oxidation sites excluding steroid dienone is 2. The van der Waals surface area contributed by atoms with Crippen molar-refractivity contribution in [2.75, 3.05) is 22.1 Å². The van der Waals surface area contributed by atoms with Crippen molar-refractivity contribution in [2.45, 2.75) is 70.6 Å². The van der Waals surface area contributed by atoms with Crippen LogP contribution in [0, 0.1) is 0 Å². The summed E-state index contributed by atoms with van der Waals surface area (Å²) in [5, 5.41) is 10.5. The lowest BCUT2D eigenvalue weighted by Crippen LogP contribution is -2.54. The second-order valence-corrected chi connectivity index (χ2v) is 7.39. The molecule has 1 aromatic heterocycles. The molecule has 6 heteroatoms. The highest BCUT2D eigenvalue weighted by atomic mass is 15.4. The summed E-state index contributed by atoms with van der Waals surface area (Å²) in [6, 6.07) is 0.850. The van der Waals surface area contributed by atoms with Gasteiger partial charge in [-0.15, -0.1) is 6.58 Å². The Balaban J connectivity index is 1.73. The van der Waals surface area contributed by atoms with Gasteiger partial charge in [0.2, 0.25) is 5.95 Å². The molecule has 1 aliphatic heterocycles. The summed E-state index contributed by atoms with van der Waals surface area (Å²) in [5.74, 6) is 1.71. The fourth-order valence-electron chi connectivity index (χ4n) is 3.69. The van der Waals surface area contributed by atoms with E-state index < -0.39 is 0 Å². The van der Waals surface area contributed by atoms with E-state index >= 15 is 0 Å². The monoisotopic (exact) mass is 356 g/mol. The average Bonchev–Trinajstić information content (AvgIpc) is 3.13. The summed E-state index contributed by atoms with van der Waals surface area (Å²) in [7, 11) is 0. The van der Waals surface area contributed by atoms with Crippen molar-refractivity contribution in [1.82, 2.24) is 15.3 Å². The first-order chi connectivity index (χ1) is 12.7. The zero-order valence-electron chi connectivity index (χ0n) is 16.0. The Hall–Kier alpha value is -2.24. The number of nitrogens with one attached hydrogen (secondary N) is 3. The Kier molecular flexibility index (Phi) is 6.36. The van der Waals surface area contributed by atoms with Crippen LogP contribution in [0.25, 0.3) is 0 Å². The minimum absolute atomic E-state index is 0.164. The van der Waals surface area contributed by atoms with Gasteiger partial charge in [-0.2, -0.15) is 4.98 Å². The molecule has 0 spiro atoms. The van der Waals surface area contributed by atoms with Crippen LogP contribution in [0.1, 0.15) is 52.4 Å². The van der Waals surface area contributed by atoms with Crippen molar-refractivity contribution in [1.29, 1.82) is 0 Å². The molecule has 2 aliphatic rings. The van der Waals surface area contributed by atoms with Crippen LogP contribution < -0.4 is 20.9 Å². The zero-order chi connectivity index (χ0) is 18.4. The maximum atomic E-state index is 4.85.